The van der Waals surface area contributed by atoms with Crippen molar-refractivity contribution in [2.45, 2.75) is 38.0 Å². The first-order chi connectivity index (χ1) is 9.41. The Morgan fingerprint density at radius 1 is 1.30 bits per heavy atom. The molecule has 2 nitrogen and oxygen atoms in total. The summed E-state index contributed by atoms with van der Waals surface area (Å²) in [6.07, 6.45) is -2.14. The van der Waals surface area contributed by atoms with Crippen LogP contribution in [-0.4, -0.2) is 6.04 Å². The molecule has 1 N–H and O–H groups in total. The molecule has 1 saturated carbocycles. The zero-order chi connectivity index (χ0) is 14.8. The third kappa shape index (κ3) is 3.28. The summed E-state index contributed by atoms with van der Waals surface area (Å²) in [6, 6.07) is 4.73. The van der Waals surface area contributed by atoms with Crippen molar-refractivity contribution in [1.82, 2.24) is 5.32 Å². The highest BCUT2D eigenvalue weighted by atomic mass is 19.4. The van der Waals surface area contributed by atoms with Gasteiger partial charge in [-0.2, -0.15) is 18.4 Å². The lowest BCUT2D eigenvalue weighted by molar-refractivity contribution is -0.138. The number of rotatable bonds is 3. The molecule has 0 saturated heterocycles. The SMILES string of the molecule is N#CC1CCCC1NCc1ccc(F)cc1C(F)(F)F. The molecule has 0 heterocycles. The Morgan fingerprint density at radius 3 is 2.70 bits per heavy atom. The molecule has 1 fully saturated rings. The third-order valence-corrected chi connectivity index (χ3v) is 3.61. The maximum absolute atomic E-state index is 13.0. The van der Waals surface area contributed by atoms with E-state index in [4.69, 9.17) is 5.26 Å². The number of nitrogens with zero attached hydrogens (tertiary/aromatic N) is 1. The summed E-state index contributed by atoms with van der Waals surface area (Å²) < 4.78 is 51.4. The van der Waals surface area contributed by atoms with Crippen LogP contribution in [0.25, 0.3) is 0 Å². The molecule has 0 aromatic heterocycles. The Morgan fingerprint density at radius 2 is 2.05 bits per heavy atom. The van der Waals surface area contributed by atoms with Crippen LogP contribution in [0.1, 0.15) is 30.4 Å². The molecule has 2 unspecified atom stereocenters. The highest BCUT2D eigenvalue weighted by Crippen LogP contribution is 2.33. The van der Waals surface area contributed by atoms with Crippen molar-refractivity contribution in [3.63, 3.8) is 0 Å². The fourth-order valence-corrected chi connectivity index (χ4v) is 2.57. The van der Waals surface area contributed by atoms with Crippen molar-refractivity contribution in [1.29, 1.82) is 5.26 Å². The fourth-order valence-electron chi connectivity index (χ4n) is 2.57. The van der Waals surface area contributed by atoms with E-state index < -0.39 is 17.6 Å². The van der Waals surface area contributed by atoms with Crippen molar-refractivity contribution >= 4 is 0 Å². The first-order valence-electron chi connectivity index (χ1n) is 6.40. The van der Waals surface area contributed by atoms with Gasteiger partial charge in [-0.1, -0.05) is 12.5 Å². The van der Waals surface area contributed by atoms with Crippen LogP contribution in [0.4, 0.5) is 17.6 Å². The van der Waals surface area contributed by atoms with E-state index in [-0.39, 0.29) is 24.1 Å². The minimum atomic E-state index is -4.58. The molecule has 0 radical (unpaired) electrons. The van der Waals surface area contributed by atoms with Crippen LogP contribution >= 0.6 is 0 Å². The van der Waals surface area contributed by atoms with Gasteiger partial charge in [0.25, 0.3) is 0 Å². The van der Waals surface area contributed by atoms with Gasteiger partial charge in [0.05, 0.1) is 17.6 Å². The molecular weight excluding hydrogens is 272 g/mol. The molecule has 1 aromatic carbocycles. The third-order valence-electron chi connectivity index (χ3n) is 3.61. The Balaban J connectivity index is 2.12. The molecule has 0 amide bonds. The Hall–Kier alpha value is -1.61. The second kappa shape index (κ2) is 5.80. The first kappa shape index (κ1) is 14.8. The number of nitriles is 1. The van der Waals surface area contributed by atoms with Gasteiger partial charge in [0, 0.05) is 12.6 Å². The first-order valence-corrected chi connectivity index (χ1v) is 6.40. The van der Waals surface area contributed by atoms with E-state index in [1.807, 2.05) is 0 Å². The Labute approximate surface area is 114 Å². The van der Waals surface area contributed by atoms with E-state index in [1.165, 1.54) is 0 Å². The van der Waals surface area contributed by atoms with Crippen molar-refractivity contribution in [2.24, 2.45) is 5.92 Å². The lowest BCUT2D eigenvalue weighted by atomic mass is 10.0. The number of halogens is 4. The van der Waals surface area contributed by atoms with Gasteiger partial charge in [0.2, 0.25) is 0 Å². The van der Waals surface area contributed by atoms with Gasteiger partial charge in [0.1, 0.15) is 5.82 Å². The van der Waals surface area contributed by atoms with Crippen molar-refractivity contribution in [3.8, 4) is 6.07 Å². The molecule has 1 aromatic rings. The molecule has 0 aliphatic heterocycles. The molecule has 108 valence electrons. The van der Waals surface area contributed by atoms with E-state index in [0.29, 0.717) is 6.07 Å². The lowest BCUT2D eigenvalue weighted by Gasteiger charge is -2.18. The summed E-state index contributed by atoms with van der Waals surface area (Å²) in [5.74, 6) is -1.07. The number of alkyl halides is 3. The molecule has 2 rings (SSSR count). The number of benzene rings is 1. The smallest absolute Gasteiger partial charge is 0.309 e. The van der Waals surface area contributed by atoms with Gasteiger partial charge in [-0.15, -0.1) is 0 Å². The Bertz CT molecular complexity index is 519. The number of hydrogen-bond acceptors (Lipinski definition) is 2. The van der Waals surface area contributed by atoms with Crippen LogP contribution in [0.2, 0.25) is 0 Å². The van der Waals surface area contributed by atoms with E-state index in [2.05, 4.69) is 11.4 Å². The van der Waals surface area contributed by atoms with Crippen LogP contribution < -0.4 is 5.32 Å². The molecule has 1 aliphatic rings. The standard InChI is InChI=1S/C14H14F4N2/c15-11-5-4-10(12(6-11)14(16,17)18)8-20-13-3-1-2-9(13)7-19/h4-6,9,13,20H,1-3,8H2. The summed E-state index contributed by atoms with van der Waals surface area (Å²) >= 11 is 0. The van der Waals surface area contributed by atoms with E-state index in [9.17, 15) is 17.6 Å². The quantitative estimate of drug-likeness (QED) is 0.861. The molecule has 0 bridgehead atoms. The number of hydrogen-bond donors (Lipinski definition) is 1. The second-order valence-electron chi connectivity index (χ2n) is 4.95. The highest BCUT2D eigenvalue weighted by Gasteiger charge is 2.34. The van der Waals surface area contributed by atoms with Crippen LogP contribution in [0.5, 0.6) is 0 Å². The predicted octanol–water partition coefficient (Wildman–Crippen LogP) is 3.63. The van der Waals surface area contributed by atoms with Crippen LogP contribution in [0.3, 0.4) is 0 Å². The zero-order valence-corrected chi connectivity index (χ0v) is 10.7. The maximum atomic E-state index is 13.0. The molecule has 2 atom stereocenters. The highest BCUT2D eigenvalue weighted by molar-refractivity contribution is 5.30. The largest absolute Gasteiger partial charge is 0.416 e. The minimum Gasteiger partial charge on any atom is -0.309 e. The van der Waals surface area contributed by atoms with Gasteiger partial charge in [-0.3, -0.25) is 0 Å². The summed E-state index contributed by atoms with van der Waals surface area (Å²) in [5.41, 5.74) is -0.959. The molecule has 1 aliphatic carbocycles. The van der Waals surface area contributed by atoms with Gasteiger partial charge in [-0.05, 0) is 30.5 Å². The minimum absolute atomic E-state index is 0.00231. The van der Waals surface area contributed by atoms with E-state index in [0.717, 1.165) is 31.4 Å². The van der Waals surface area contributed by atoms with Gasteiger partial charge in [-0.25, -0.2) is 4.39 Å². The second-order valence-corrected chi connectivity index (χ2v) is 4.95. The summed E-state index contributed by atoms with van der Waals surface area (Å²) in [4.78, 5) is 0. The summed E-state index contributed by atoms with van der Waals surface area (Å²) in [7, 11) is 0. The molecule has 6 heteroatoms. The topological polar surface area (TPSA) is 35.8 Å². The fraction of sp³-hybridized carbons (Fsp3) is 0.500. The van der Waals surface area contributed by atoms with Crippen molar-refractivity contribution < 1.29 is 17.6 Å². The van der Waals surface area contributed by atoms with E-state index in [1.54, 1.807) is 0 Å². The predicted molar refractivity (Wildman–Crippen MR) is 65.0 cm³/mol. The van der Waals surface area contributed by atoms with Crippen molar-refractivity contribution in [2.75, 3.05) is 0 Å². The number of nitrogens with one attached hydrogen (secondary N) is 1. The summed E-state index contributed by atoms with van der Waals surface area (Å²) in [5, 5.41) is 11.9. The summed E-state index contributed by atoms with van der Waals surface area (Å²) in [6.45, 7) is -0.0159. The maximum Gasteiger partial charge on any atom is 0.416 e. The van der Waals surface area contributed by atoms with Crippen molar-refractivity contribution in [3.05, 3.63) is 35.1 Å². The van der Waals surface area contributed by atoms with Crippen LogP contribution in [0, 0.1) is 23.1 Å². The van der Waals surface area contributed by atoms with E-state index >= 15 is 0 Å². The lowest BCUT2D eigenvalue weighted by Crippen LogP contribution is -2.32. The van der Waals surface area contributed by atoms with Gasteiger partial charge >= 0.3 is 6.18 Å². The molecular formula is C14H14F4N2. The van der Waals surface area contributed by atoms with Crippen LogP contribution in [0.15, 0.2) is 18.2 Å². The van der Waals surface area contributed by atoms with Gasteiger partial charge < -0.3 is 5.32 Å². The van der Waals surface area contributed by atoms with Gasteiger partial charge in [0.15, 0.2) is 0 Å². The molecule has 20 heavy (non-hydrogen) atoms. The molecule has 0 spiro atoms. The zero-order valence-electron chi connectivity index (χ0n) is 10.7. The average molecular weight is 286 g/mol. The average Bonchev–Trinajstić information content (AvgIpc) is 2.83. The monoisotopic (exact) mass is 286 g/mol. The normalized spacial score (nSPS) is 22.8. The Kier molecular flexibility index (Phi) is 4.29. The van der Waals surface area contributed by atoms with Crippen LogP contribution in [-0.2, 0) is 12.7 Å².